The van der Waals surface area contributed by atoms with E-state index in [1.807, 2.05) is 20.8 Å². The first kappa shape index (κ1) is 18.8. The molecule has 2 aromatic heterocycles. The first-order valence-electron chi connectivity index (χ1n) is 9.30. The fourth-order valence-corrected chi connectivity index (χ4v) is 3.15. The van der Waals surface area contributed by atoms with E-state index >= 15 is 0 Å². The van der Waals surface area contributed by atoms with Gasteiger partial charge in [0.2, 0.25) is 11.7 Å². The van der Waals surface area contributed by atoms with Gasteiger partial charge in [-0.2, -0.15) is 0 Å². The molecule has 0 unspecified atom stereocenters. The molecule has 29 heavy (non-hydrogen) atoms. The smallest absolute Gasteiger partial charge is 0.277 e. The lowest BCUT2D eigenvalue weighted by Crippen LogP contribution is -2.42. The maximum atomic E-state index is 12.8. The first-order valence-corrected chi connectivity index (χ1v) is 9.30. The van der Waals surface area contributed by atoms with Crippen LogP contribution in [0.15, 0.2) is 51.6 Å². The van der Waals surface area contributed by atoms with Crippen molar-refractivity contribution in [2.45, 2.75) is 20.8 Å². The van der Waals surface area contributed by atoms with Gasteiger partial charge in [0.15, 0.2) is 11.5 Å². The molecule has 1 N–H and O–H groups in total. The van der Waals surface area contributed by atoms with Gasteiger partial charge < -0.3 is 23.9 Å². The van der Waals surface area contributed by atoms with Crippen LogP contribution in [0.25, 0.3) is 11.5 Å². The lowest BCUT2D eigenvalue weighted by atomic mass is 9.93. The molecule has 3 aromatic rings. The van der Waals surface area contributed by atoms with Gasteiger partial charge in [-0.15, -0.1) is 0 Å². The van der Waals surface area contributed by atoms with E-state index in [1.54, 1.807) is 35.2 Å². The molecule has 150 valence electrons. The molecular formula is C21H21N3O5. The number of hydrogen-bond donors (Lipinski definition) is 1. The van der Waals surface area contributed by atoms with Crippen molar-refractivity contribution in [3.63, 3.8) is 0 Å². The zero-order valence-corrected chi connectivity index (χ0v) is 16.4. The fraction of sp³-hybridized carbons (Fsp3) is 0.286. The Hall–Kier alpha value is -3.55. The summed E-state index contributed by atoms with van der Waals surface area (Å²) >= 11 is 0. The minimum Gasteiger partial charge on any atom is -0.490 e. The van der Waals surface area contributed by atoms with Crippen LogP contribution in [-0.4, -0.2) is 30.1 Å². The van der Waals surface area contributed by atoms with Crippen molar-refractivity contribution in [3.05, 3.63) is 48.4 Å². The quantitative estimate of drug-likeness (QED) is 0.718. The van der Waals surface area contributed by atoms with Crippen LogP contribution >= 0.6 is 0 Å². The summed E-state index contributed by atoms with van der Waals surface area (Å²) in [6, 6.07) is 10.1. The monoisotopic (exact) mass is 395 g/mol. The van der Waals surface area contributed by atoms with E-state index in [1.165, 1.54) is 12.3 Å². The number of rotatable bonds is 4. The molecule has 0 fully saturated rings. The Morgan fingerprint density at radius 1 is 1.24 bits per heavy atom. The van der Waals surface area contributed by atoms with Crippen LogP contribution in [0.5, 0.6) is 5.75 Å². The van der Waals surface area contributed by atoms with E-state index in [9.17, 15) is 9.59 Å². The summed E-state index contributed by atoms with van der Waals surface area (Å²) < 4.78 is 16.3. The van der Waals surface area contributed by atoms with Gasteiger partial charge >= 0.3 is 0 Å². The third-order valence-electron chi connectivity index (χ3n) is 4.74. The van der Waals surface area contributed by atoms with E-state index in [0.717, 1.165) is 0 Å². The van der Waals surface area contributed by atoms with Gasteiger partial charge in [0, 0.05) is 24.4 Å². The highest BCUT2D eigenvalue weighted by Crippen LogP contribution is 2.38. The second kappa shape index (κ2) is 7.12. The summed E-state index contributed by atoms with van der Waals surface area (Å²) in [6.07, 6.45) is 1.51. The van der Waals surface area contributed by atoms with Crippen LogP contribution < -0.4 is 15.0 Å². The number of ether oxygens (including phenoxy) is 1. The predicted molar refractivity (Wildman–Crippen MR) is 106 cm³/mol. The fourth-order valence-electron chi connectivity index (χ4n) is 3.15. The Labute approximate surface area is 167 Å². The van der Waals surface area contributed by atoms with Crippen LogP contribution in [0, 0.1) is 5.41 Å². The molecule has 1 aliphatic rings. The molecule has 0 aliphatic carbocycles. The van der Waals surface area contributed by atoms with E-state index in [4.69, 9.17) is 13.7 Å². The highest BCUT2D eigenvalue weighted by atomic mass is 16.5. The van der Waals surface area contributed by atoms with E-state index in [-0.39, 0.29) is 18.2 Å². The van der Waals surface area contributed by atoms with Gasteiger partial charge in [-0.3, -0.25) is 9.59 Å². The van der Waals surface area contributed by atoms with E-state index < -0.39 is 11.3 Å². The summed E-state index contributed by atoms with van der Waals surface area (Å²) in [7, 11) is 0. The highest BCUT2D eigenvalue weighted by Gasteiger charge is 2.37. The molecule has 0 spiro atoms. The molecule has 0 saturated carbocycles. The van der Waals surface area contributed by atoms with Crippen molar-refractivity contribution in [3.8, 4) is 17.3 Å². The molecule has 4 rings (SSSR count). The summed E-state index contributed by atoms with van der Waals surface area (Å²) in [5.41, 5.74) is 0.697. The number of fused-ring (bicyclic) bond motifs is 1. The molecule has 1 aromatic carbocycles. The average Bonchev–Trinajstić information content (AvgIpc) is 3.38. The summed E-state index contributed by atoms with van der Waals surface area (Å²) in [6.45, 7) is 6.41. The Morgan fingerprint density at radius 2 is 2.07 bits per heavy atom. The lowest BCUT2D eigenvalue weighted by Gasteiger charge is -2.26. The van der Waals surface area contributed by atoms with Crippen LogP contribution in [0.1, 0.15) is 31.3 Å². The number of carbonyl (C=O) groups is 2. The van der Waals surface area contributed by atoms with Crippen LogP contribution in [0.4, 0.5) is 11.4 Å². The van der Waals surface area contributed by atoms with E-state index in [0.29, 0.717) is 35.2 Å². The maximum Gasteiger partial charge on any atom is 0.277 e. The van der Waals surface area contributed by atoms with Crippen LogP contribution in [0.2, 0.25) is 0 Å². The van der Waals surface area contributed by atoms with Gasteiger partial charge in [0.05, 0.1) is 17.4 Å². The van der Waals surface area contributed by atoms with Gasteiger partial charge in [0.25, 0.3) is 5.91 Å². The molecule has 8 heteroatoms. The van der Waals surface area contributed by atoms with Crippen molar-refractivity contribution < 1.29 is 23.3 Å². The van der Waals surface area contributed by atoms with Gasteiger partial charge in [-0.1, -0.05) is 5.16 Å². The van der Waals surface area contributed by atoms with Crippen molar-refractivity contribution in [1.82, 2.24) is 5.16 Å². The summed E-state index contributed by atoms with van der Waals surface area (Å²) in [4.78, 5) is 27.0. The molecule has 0 atom stereocenters. The van der Waals surface area contributed by atoms with Crippen LogP contribution in [0.3, 0.4) is 0 Å². The number of nitrogens with zero attached hydrogens (tertiary/aromatic N) is 2. The minimum absolute atomic E-state index is 0.00332. The molecule has 2 amide bonds. The zero-order chi connectivity index (χ0) is 20.6. The Balaban J connectivity index is 1.56. The third-order valence-corrected chi connectivity index (χ3v) is 4.74. The zero-order valence-electron chi connectivity index (χ0n) is 16.4. The van der Waals surface area contributed by atoms with Gasteiger partial charge in [-0.25, -0.2) is 0 Å². The molecule has 0 radical (unpaired) electrons. The number of anilines is 2. The molecule has 1 aliphatic heterocycles. The number of nitrogens with one attached hydrogen (secondary N) is 1. The average molecular weight is 395 g/mol. The van der Waals surface area contributed by atoms with Crippen molar-refractivity contribution in [2.75, 3.05) is 23.4 Å². The Kier molecular flexibility index (Phi) is 4.62. The molecular weight excluding hydrogens is 374 g/mol. The maximum absolute atomic E-state index is 12.8. The van der Waals surface area contributed by atoms with Crippen molar-refractivity contribution in [1.29, 1.82) is 0 Å². The minimum atomic E-state index is -0.637. The van der Waals surface area contributed by atoms with Gasteiger partial charge in [0.1, 0.15) is 12.4 Å². The second-order valence-corrected chi connectivity index (χ2v) is 7.41. The molecule has 8 nitrogen and oxygen atoms in total. The SMILES string of the molecule is CCN1C(=O)C(C)(C)COc2cc(NC(=O)c3cc(-c4ccco4)on3)ccc21. The normalized spacial score (nSPS) is 15.4. The van der Waals surface area contributed by atoms with Crippen molar-refractivity contribution >= 4 is 23.2 Å². The second-order valence-electron chi connectivity index (χ2n) is 7.41. The van der Waals surface area contributed by atoms with Crippen LogP contribution in [-0.2, 0) is 4.79 Å². The number of aromatic nitrogens is 1. The molecule has 0 saturated heterocycles. The Morgan fingerprint density at radius 3 is 2.79 bits per heavy atom. The lowest BCUT2D eigenvalue weighted by molar-refractivity contribution is -0.127. The van der Waals surface area contributed by atoms with E-state index in [2.05, 4.69) is 10.5 Å². The third kappa shape index (κ3) is 3.49. The predicted octanol–water partition coefficient (Wildman–Crippen LogP) is 3.96. The Bertz CT molecular complexity index is 1050. The molecule has 3 heterocycles. The number of benzene rings is 1. The largest absolute Gasteiger partial charge is 0.490 e. The number of hydrogen-bond acceptors (Lipinski definition) is 6. The topological polar surface area (TPSA) is 97.8 Å². The van der Waals surface area contributed by atoms with Crippen molar-refractivity contribution in [2.24, 2.45) is 5.41 Å². The summed E-state index contributed by atoms with van der Waals surface area (Å²) in [5, 5.41) is 6.57. The first-order chi connectivity index (χ1) is 13.9. The number of amides is 2. The number of furan rings is 1. The summed E-state index contributed by atoms with van der Waals surface area (Å²) in [5.74, 6) is 0.971. The standard InChI is InChI=1S/C21H21N3O5/c1-4-24-15-8-7-13(10-17(15)28-12-21(2,3)20(24)26)22-19(25)14-11-18(29-23-14)16-6-5-9-27-16/h5-11H,4,12H2,1-3H3,(H,22,25). The number of carbonyl (C=O) groups excluding carboxylic acids is 2. The molecule has 0 bridgehead atoms. The van der Waals surface area contributed by atoms with Gasteiger partial charge in [-0.05, 0) is 45.0 Å². The highest BCUT2D eigenvalue weighted by molar-refractivity contribution is 6.04.